The van der Waals surface area contributed by atoms with Crippen molar-refractivity contribution in [1.29, 1.82) is 0 Å². The Hall–Kier alpha value is -1.87. The summed E-state index contributed by atoms with van der Waals surface area (Å²) in [7, 11) is 0. The molecular formula is C22H26ClFN2. The van der Waals surface area contributed by atoms with Gasteiger partial charge >= 0.3 is 0 Å². The van der Waals surface area contributed by atoms with Gasteiger partial charge in [-0.15, -0.1) is 0 Å². The van der Waals surface area contributed by atoms with E-state index >= 15 is 0 Å². The summed E-state index contributed by atoms with van der Waals surface area (Å²) in [4.78, 5) is 6.99. The minimum atomic E-state index is -0.424. The van der Waals surface area contributed by atoms with E-state index in [0.717, 1.165) is 18.5 Å². The molecule has 0 saturated carbocycles. The predicted octanol–water partition coefficient (Wildman–Crippen LogP) is 6.65. The highest BCUT2D eigenvalue weighted by atomic mass is 35.5. The summed E-state index contributed by atoms with van der Waals surface area (Å²) in [6.07, 6.45) is 2.98. The molecule has 1 aliphatic heterocycles. The lowest BCUT2D eigenvalue weighted by Crippen LogP contribution is -2.48. The van der Waals surface area contributed by atoms with Crippen LogP contribution in [0.15, 0.2) is 35.3 Å². The fourth-order valence-corrected chi connectivity index (χ4v) is 4.27. The highest BCUT2D eigenvalue weighted by molar-refractivity contribution is 6.31. The quantitative estimate of drug-likeness (QED) is 0.550. The third-order valence-corrected chi connectivity index (χ3v) is 5.64. The number of hydrogen-bond acceptors (Lipinski definition) is 2. The van der Waals surface area contributed by atoms with Crippen LogP contribution < -0.4 is 4.90 Å². The second-order valence-electron chi connectivity index (χ2n) is 7.79. The molecule has 1 heterocycles. The molecule has 0 radical (unpaired) electrons. The molecule has 2 aromatic rings. The van der Waals surface area contributed by atoms with Crippen molar-refractivity contribution in [2.75, 3.05) is 11.4 Å². The first-order valence-corrected chi connectivity index (χ1v) is 9.52. The van der Waals surface area contributed by atoms with Gasteiger partial charge in [-0.2, -0.15) is 0 Å². The van der Waals surface area contributed by atoms with Gasteiger partial charge in [-0.25, -0.2) is 4.39 Å². The van der Waals surface area contributed by atoms with Gasteiger partial charge in [-0.05, 0) is 87.1 Å². The molecule has 1 unspecified atom stereocenters. The van der Waals surface area contributed by atoms with Crippen molar-refractivity contribution in [3.05, 3.63) is 57.9 Å². The van der Waals surface area contributed by atoms with Gasteiger partial charge in [0, 0.05) is 24.0 Å². The standard InChI is InChI=1S/C22H26ClFN2/c1-6-26-21-9-14(2)16(10-18(21)15(3)12-22(26,4)5)13-25-17-7-8-20(24)19(23)11-17/h7-11,13,15H,6,12H2,1-5H3. The number of aliphatic imine (C=N–C) groups is 1. The molecule has 4 heteroatoms. The van der Waals surface area contributed by atoms with Crippen LogP contribution in [0.1, 0.15) is 56.7 Å². The van der Waals surface area contributed by atoms with Crippen molar-refractivity contribution in [1.82, 2.24) is 0 Å². The molecule has 26 heavy (non-hydrogen) atoms. The van der Waals surface area contributed by atoms with Crippen LogP contribution in [-0.2, 0) is 0 Å². The maximum Gasteiger partial charge on any atom is 0.141 e. The van der Waals surface area contributed by atoms with Gasteiger partial charge in [0.1, 0.15) is 5.82 Å². The van der Waals surface area contributed by atoms with Crippen molar-refractivity contribution in [2.45, 2.75) is 52.5 Å². The molecule has 0 spiro atoms. The number of hydrogen-bond donors (Lipinski definition) is 0. The average Bonchev–Trinajstić information content (AvgIpc) is 2.56. The summed E-state index contributed by atoms with van der Waals surface area (Å²) >= 11 is 5.85. The van der Waals surface area contributed by atoms with Crippen molar-refractivity contribution in [3.63, 3.8) is 0 Å². The van der Waals surface area contributed by atoms with Crippen LogP contribution in [0.2, 0.25) is 5.02 Å². The highest BCUT2D eigenvalue weighted by Gasteiger charge is 2.35. The summed E-state index contributed by atoms with van der Waals surface area (Å²) in [5.41, 5.74) is 5.79. The lowest BCUT2D eigenvalue weighted by molar-refractivity contribution is 0.381. The van der Waals surface area contributed by atoms with Crippen molar-refractivity contribution < 1.29 is 4.39 Å². The molecule has 0 fully saturated rings. The second-order valence-corrected chi connectivity index (χ2v) is 8.19. The molecular weight excluding hydrogens is 347 g/mol. The lowest BCUT2D eigenvalue weighted by Gasteiger charge is -2.47. The average molecular weight is 373 g/mol. The van der Waals surface area contributed by atoms with Crippen LogP contribution in [0, 0.1) is 12.7 Å². The van der Waals surface area contributed by atoms with E-state index in [9.17, 15) is 4.39 Å². The van der Waals surface area contributed by atoms with Gasteiger partial charge < -0.3 is 4.90 Å². The van der Waals surface area contributed by atoms with Gasteiger partial charge in [0.05, 0.1) is 10.7 Å². The van der Waals surface area contributed by atoms with Crippen LogP contribution in [0.3, 0.4) is 0 Å². The van der Waals surface area contributed by atoms with Crippen LogP contribution in [0.4, 0.5) is 15.8 Å². The first kappa shape index (κ1) is 18.9. The molecule has 0 aliphatic carbocycles. The number of benzene rings is 2. The Bertz CT molecular complexity index is 857. The van der Waals surface area contributed by atoms with E-state index in [0.29, 0.717) is 11.6 Å². The summed E-state index contributed by atoms with van der Waals surface area (Å²) < 4.78 is 13.3. The van der Waals surface area contributed by atoms with Gasteiger partial charge in [-0.1, -0.05) is 18.5 Å². The molecule has 1 atom stereocenters. The van der Waals surface area contributed by atoms with Crippen LogP contribution >= 0.6 is 11.6 Å². The largest absolute Gasteiger partial charge is 0.366 e. The van der Waals surface area contributed by atoms with E-state index in [1.807, 2.05) is 6.21 Å². The topological polar surface area (TPSA) is 15.6 Å². The van der Waals surface area contributed by atoms with Gasteiger partial charge in [0.25, 0.3) is 0 Å². The predicted molar refractivity (Wildman–Crippen MR) is 110 cm³/mol. The monoisotopic (exact) mass is 372 g/mol. The number of aryl methyl sites for hydroxylation is 1. The molecule has 0 N–H and O–H groups in total. The Morgan fingerprint density at radius 3 is 2.69 bits per heavy atom. The Morgan fingerprint density at radius 2 is 2.04 bits per heavy atom. The smallest absolute Gasteiger partial charge is 0.141 e. The fraction of sp³-hybridized carbons (Fsp3) is 0.409. The van der Waals surface area contributed by atoms with Gasteiger partial charge in [0.15, 0.2) is 0 Å². The Morgan fingerprint density at radius 1 is 1.31 bits per heavy atom. The third kappa shape index (κ3) is 3.50. The van der Waals surface area contributed by atoms with Crippen molar-refractivity contribution in [3.8, 4) is 0 Å². The summed E-state index contributed by atoms with van der Waals surface area (Å²) in [6, 6.07) is 9.05. The molecule has 3 rings (SSSR count). The summed E-state index contributed by atoms with van der Waals surface area (Å²) in [5.74, 6) is 0.0718. The molecule has 138 valence electrons. The maximum absolute atomic E-state index is 13.3. The van der Waals surface area contributed by atoms with Crippen LogP contribution in [0.5, 0.6) is 0 Å². The molecule has 2 aromatic carbocycles. The first-order valence-electron chi connectivity index (χ1n) is 9.14. The molecule has 1 aliphatic rings. The molecule has 2 nitrogen and oxygen atoms in total. The van der Waals surface area contributed by atoms with Crippen molar-refractivity contribution >= 4 is 29.2 Å². The Balaban J connectivity index is 1.99. The van der Waals surface area contributed by atoms with Crippen LogP contribution in [0.25, 0.3) is 0 Å². The second kappa shape index (κ2) is 7.03. The van der Waals surface area contributed by atoms with Gasteiger partial charge in [-0.3, -0.25) is 4.99 Å². The molecule has 0 saturated heterocycles. The minimum absolute atomic E-state index is 0.0938. The first-order chi connectivity index (χ1) is 12.2. The zero-order chi connectivity index (χ0) is 19.1. The third-order valence-electron chi connectivity index (χ3n) is 5.35. The Labute approximate surface area is 160 Å². The number of anilines is 1. The summed E-state index contributed by atoms with van der Waals surface area (Å²) in [6.45, 7) is 12.2. The normalized spacial score (nSPS) is 19.0. The SMILES string of the molecule is CCN1c2cc(C)c(C=Nc3ccc(F)c(Cl)c3)cc2C(C)CC1(C)C. The van der Waals surface area contributed by atoms with E-state index in [1.54, 1.807) is 12.1 Å². The van der Waals surface area contributed by atoms with E-state index in [-0.39, 0.29) is 10.6 Å². The van der Waals surface area contributed by atoms with Gasteiger partial charge in [0.2, 0.25) is 0 Å². The number of rotatable bonds is 3. The summed E-state index contributed by atoms with van der Waals surface area (Å²) in [5, 5.41) is 0.0938. The molecule has 0 bridgehead atoms. The zero-order valence-corrected chi connectivity index (χ0v) is 16.9. The molecule has 0 amide bonds. The Kier molecular flexibility index (Phi) is 5.12. The number of halogens is 2. The van der Waals surface area contributed by atoms with E-state index in [4.69, 9.17) is 11.6 Å². The fourth-order valence-electron chi connectivity index (χ4n) is 4.10. The number of nitrogens with zero attached hydrogens (tertiary/aromatic N) is 2. The van der Waals surface area contributed by atoms with E-state index in [2.05, 4.69) is 56.6 Å². The van der Waals surface area contributed by atoms with Crippen molar-refractivity contribution in [2.24, 2.45) is 4.99 Å². The van der Waals surface area contributed by atoms with E-state index < -0.39 is 5.82 Å². The number of fused-ring (bicyclic) bond motifs is 1. The molecule has 0 aromatic heterocycles. The van der Waals surface area contributed by atoms with Crippen LogP contribution in [-0.4, -0.2) is 18.3 Å². The highest BCUT2D eigenvalue weighted by Crippen LogP contribution is 2.44. The zero-order valence-electron chi connectivity index (χ0n) is 16.1. The van der Waals surface area contributed by atoms with E-state index in [1.165, 1.54) is 22.9 Å². The minimum Gasteiger partial charge on any atom is -0.366 e. The maximum atomic E-state index is 13.3. The lowest BCUT2D eigenvalue weighted by atomic mass is 9.79.